The molecule has 2 aromatic carbocycles. The Bertz CT molecular complexity index is 791. The molecule has 0 amide bonds. The quantitative estimate of drug-likeness (QED) is 0.287. The van der Waals surface area contributed by atoms with Crippen molar-refractivity contribution in [3.05, 3.63) is 56.0 Å². The highest BCUT2D eigenvalue weighted by atomic mass is 79.9. The van der Waals surface area contributed by atoms with Gasteiger partial charge in [0.25, 0.3) is 0 Å². The van der Waals surface area contributed by atoms with E-state index in [1.54, 1.807) is 0 Å². The van der Waals surface area contributed by atoms with E-state index in [4.69, 9.17) is 9.84 Å². The van der Waals surface area contributed by atoms with Crippen LogP contribution in [0.15, 0.2) is 33.2 Å². The van der Waals surface area contributed by atoms with Crippen molar-refractivity contribution in [3.63, 3.8) is 0 Å². The van der Waals surface area contributed by atoms with E-state index in [1.165, 1.54) is 31.4 Å². The molecule has 146 valence electrons. The summed E-state index contributed by atoms with van der Waals surface area (Å²) in [5, 5.41) is 8.92. The molecule has 0 aliphatic heterocycles. The Labute approximate surface area is 196 Å². The Morgan fingerprint density at radius 1 is 0.926 bits per heavy atom. The minimum atomic E-state index is -0.736. The average molecular weight is 703 g/mol. The Kier molecular flexibility index (Phi) is 13.7. The lowest BCUT2D eigenvalue weighted by Gasteiger charge is -2.04. The predicted octanol–water partition coefficient (Wildman–Crippen LogP) is 6.67. The molecular weight excluding hydrogens is 692 g/mol. The fraction of sp³-hybridized carbons (Fsp3) is 0.0667. The van der Waals surface area contributed by atoms with Crippen LogP contribution >= 0.6 is 79.1 Å². The number of aromatic hydroxyl groups is 1. The monoisotopic (exact) mass is 698 g/mol. The number of hydrogen-bond acceptors (Lipinski definition) is 4. The van der Waals surface area contributed by atoms with Gasteiger partial charge in [-0.05, 0) is 56.1 Å². The first kappa shape index (κ1) is 26.7. The molecule has 0 unspecified atom stereocenters. The van der Waals surface area contributed by atoms with Gasteiger partial charge in [0, 0.05) is 0 Å². The Hall–Kier alpha value is -0.295. The maximum atomic E-state index is 13.1. The maximum Gasteiger partial charge on any atom is 0.369 e. The number of ether oxygens (including phenoxy) is 1. The summed E-state index contributed by atoms with van der Waals surface area (Å²) in [4.78, 5) is 20.6. The van der Waals surface area contributed by atoms with Gasteiger partial charge in [-0.2, -0.15) is 0 Å². The van der Waals surface area contributed by atoms with Gasteiger partial charge < -0.3 is 9.84 Å². The summed E-state index contributed by atoms with van der Waals surface area (Å²) in [5.41, 5.74) is -0.383. The summed E-state index contributed by atoms with van der Waals surface area (Å²) in [7, 11) is 1.38. The van der Waals surface area contributed by atoms with Gasteiger partial charge in [-0.25, -0.2) is 8.78 Å². The average Bonchev–Trinajstić information content (AvgIpc) is 2.61. The summed E-state index contributed by atoms with van der Waals surface area (Å²) >= 11 is 15.1. The molecule has 0 saturated carbocycles. The van der Waals surface area contributed by atoms with Crippen LogP contribution in [-0.2, 0) is 0 Å². The number of phenolic OH excluding ortho intramolecular Hbond substituents is 1. The first-order valence-corrected chi connectivity index (χ1v) is 10.9. The molecule has 4 nitrogen and oxygen atoms in total. The summed E-state index contributed by atoms with van der Waals surface area (Å²) in [6, 6.07) is 5.59. The molecule has 12 heteroatoms. The molecule has 0 saturated heterocycles. The minimum Gasteiger partial charge on any atom is -0.507 e. The third kappa shape index (κ3) is 9.16. The van der Waals surface area contributed by atoms with Crippen LogP contribution in [0.4, 0.5) is 8.78 Å². The first-order chi connectivity index (χ1) is 12.6. The number of phenols is 1. The standard InChI is InChI=1S/C8H6BrFO2.C7H4BrFO2.BBr3/c1-12-7-3-2-6(9)8(10)5(7)4-11;8-5-1-2-6(11)4(3-10)7(5)9;2-1(3)4/h2-4H,1H3;1-3,11H;. The van der Waals surface area contributed by atoms with Crippen LogP contribution in [0.2, 0.25) is 0 Å². The van der Waals surface area contributed by atoms with E-state index in [2.05, 4.69) is 79.1 Å². The highest BCUT2D eigenvalue weighted by Gasteiger charge is 2.11. The molecule has 0 aliphatic carbocycles. The van der Waals surface area contributed by atoms with Gasteiger partial charge in [-0.15, -0.1) is 47.3 Å². The van der Waals surface area contributed by atoms with Gasteiger partial charge in [0.05, 0.1) is 27.2 Å². The van der Waals surface area contributed by atoms with Crippen molar-refractivity contribution in [2.24, 2.45) is 0 Å². The summed E-state index contributed by atoms with van der Waals surface area (Å²) in [6.45, 7) is 0. The number of rotatable bonds is 3. The largest absolute Gasteiger partial charge is 0.507 e. The number of halogens is 7. The van der Waals surface area contributed by atoms with E-state index in [1.807, 2.05) is 0 Å². The number of aldehydes is 2. The van der Waals surface area contributed by atoms with E-state index in [9.17, 15) is 18.4 Å². The van der Waals surface area contributed by atoms with Gasteiger partial charge >= 0.3 is 3.18 Å². The lowest BCUT2D eigenvalue weighted by Crippen LogP contribution is -1.94. The molecule has 2 aromatic rings. The van der Waals surface area contributed by atoms with E-state index in [-0.39, 0.29) is 41.0 Å². The molecule has 0 radical (unpaired) electrons. The summed E-state index contributed by atoms with van der Waals surface area (Å²) in [6.07, 6.45) is 0.703. The number of carbonyl (C=O) groups is 2. The molecule has 2 rings (SSSR count). The fourth-order valence-electron chi connectivity index (χ4n) is 1.50. The van der Waals surface area contributed by atoms with Crippen LogP contribution in [0.3, 0.4) is 0 Å². The van der Waals surface area contributed by atoms with E-state index >= 15 is 0 Å². The SMILES string of the molecule is BrB(Br)Br.COc1ccc(Br)c(F)c1C=O.O=Cc1c(O)ccc(Br)c1F. The normalized spacial score (nSPS) is 9.19. The molecule has 0 heterocycles. The van der Waals surface area contributed by atoms with E-state index < -0.39 is 11.6 Å². The van der Waals surface area contributed by atoms with Crippen LogP contribution in [0.5, 0.6) is 11.5 Å². The van der Waals surface area contributed by atoms with Crippen molar-refractivity contribution in [2.75, 3.05) is 7.11 Å². The van der Waals surface area contributed by atoms with Gasteiger partial charge in [-0.1, -0.05) is 0 Å². The zero-order chi connectivity index (χ0) is 21.1. The molecule has 0 aromatic heterocycles. The van der Waals surface area contributed by atoms with Crippen LogP contribution in [-0.4, -0.2) is 28.0 Å². The zero-order valence-corrected chi connectivity index (χ0v) is 21.3. The second-order valence-corrected chi connectivity index (χ2v) is 12.4. The van der Waals surface area contributed by atoms with Crippen molar-refractivity contribution in [1.82, 2.24) is 0 Å². The third-order valence-electron chi connectivity index (χ3n) is 2.66. The molecule has 0 bridgehead atoms. The lowest BCUT2D eigenvalue weighted by atomic mass is 10.2. The lowest BCUT2D eigenvalue weighted by molar-refractivity contribution is 0.110. The van der Waals surface area contributed by atoms with E-state index in [0.717, 1.165) is 0 Å². The number of methoxy groups -OCH3 is 1. The van der Waals surface area contributed by atoms with Gasteiger partial charge in [-0.3, -0.25) is 9.59 Å². The molecule has 1 N–H and O–H groups in total. The predicted molar refractivity (Wildman–Crippen MR) is 120 cm³/mol. The van der Waals surface area contributed by atoms with Crippen LogP contribution in [0, 0.1) is 11.6 Å². The second-order valence-electron chi connectivity index (χ2n) is 4.25. The maximum absolute atomic E-state index is 13.1. The van der Waals surface area contributed by atoms with Crippen molar-refractivity contribution < 1.29 is 28.2 Å². The topological polar surface area (TPSA) is 63.6 Å². The minimum absolute atomic E-state index is 0.0631. The highest BCUT2D eigenvalue weighted by molar-refractivity contribution is 9.69. The van der Waals surface area contributed by atoms with Crippen LogP contribution in [0.1, 0.15) is 20.7 Å². The zero-order valence-electron chi connectivity index (χ0n) is 13.4. The first-order valence-electron chi connectivity index (χ1n) is 6.62. The van der Waals surface area contributed by atoms with Crippen molar-refractivity contribution >= 4 is 94.9 Å². The summed E-state index contributed by atoms with van der Waals surface area (Å²) in [5.74, 6) is -1.43. The van der Waals surface area contributed by atoms with Gasteiger partial charge in [0.15, 0.2) is 24.2 Å². The van der Waals surface area contributed by atoms with Gasteiger partial charge in [0.1, 0.15) is 11.5 Å². The number of benzene rings is 2. The van der Waals surface area contributed by atoms with Gasteiger partial charge in [0.2, 0.25) is 0 Å². The summed E-state index contributed by atoms with van der Waals surface area (Å²) < 4.78 is 31.4. The molecule has 0 fully saturated rings. The molecule has 27 heavy (non-hydrogen) atoms. The molecular formula is C15H10BBr5F2O4. The number of carbonyl (C=O) groups excluding carboxylic acids is 2. The molecule has 0 atom stereocenters. The molecule has 0 aliphatic rings. The van der Waals surface area contributed by atoms with E-state index in [0.29, 0.717) is 6.29 Å². The van der Waals surface area contributed by atoms with Crippen molar-refractivity contribution in [3.8, 4) is 11.5 Å². The number of hydrogen-bond donors (Lipinski definition) is 1. The highest BCUT2D eigenvalue weighted by Crippen LogP contribution is 2.26. The Balaban J connectivity index is 0.000000421. The van der Waals surface area contributed by atoms with Crippen LogP contribution < -0.4 is 4.74 Å². The Morgan fingerprint density at radius 3 is 1.70 bits per heavy atom. The molecule has 0 spiro atoms. The van der Waals surface area contributed by atoms with Crippen molar-refractivity contribution in [2.45, 2.75) is 0 Å². The third-order valence-corrected chi connectivity index (χ3v) is 3.88. The fourth-order valence-corrected chi connectivity index (χ4v) is 2.20. The second kappa shape index (κ2) is 13.8. The Morgan fingerprint density at radius 2 is 1.33 bits per heavy atom. The van der Waals surface area contributed by atoms with Crippen molar-refractivity contribution in [1.29, 1.82) is 0 Å². The smallest absolute Gasteiger partial charge is 0.369 e. The van der Waals surface area contributed by atoms with Crippen LogP contribution in [0.25, 0.3) is 0 Å².